The number of aryl methyl sites for hydroxylation is 2. The van der Waals surface area contributed by atoms with Crippen LogP contribution in [0.4, 0.5) is 0 Å². The van der Waals surface area contributed by atoms with E-state index in [2.05, 4.69) is 9.55 Å². The van der Waals surface area contributed by atoms with E-state index in [0.29, 0.717) is 18.9 Å². The SMILES string of the molecule is CCOC(=N)CCCn1ccnc1C. The first-order valence-corrected chi connectivity index (χ1v) is 4.92. The lowest BCUT2D eigenvalue weighted by Gasteiger charge is -2.06. The van der Waals surface area contributed by atoms with Crippen molar-refractivity contribution in [3.8, 4) is 0 Å². The van der Waals surface area contributed by atoms with E-state index < -0.39 is 0 Å². The minimum Gasteiger partial charge on any atom is -0.481 e. The summed E-state index contributed by atoms with van der Waals surface area (Å²) in [7, 11) is 0. The van der Waals surface area contributed by atoms with E-state index in [1.54, 1.807) is 6.20 Å². The second-order valence-electron chi connectivity index (χ2n) is 3.13. The van der Waals surface area contributed by atoms with Crippen LogP contribution in [0.15, 0.2) is 12.4 Å². The average Bonchev–Trinajstić information content (AvgIpc) is 2.52. The van der Waals surface area contributed by atoms with Gasteiger partial charge in [0, 0.05) is 25.4 Å². The molecule has 78 valence electrons. The van der Waals surface area contributed by atoms with Crippen molar-refractivity contribution < 1.29 is 4.74 Å². The highest BCUT2D eigenvalue weighted by atomic mass is 16.5. The fourth-order valence-electron chi connectivity index (χ4n) is 1.30. The smallest absolute Gasteiger partial charge is 0.180 e. The molecule has 4 nitrogen and oxygen atoms in total. The molecule has 0 fully saturated rings. The van der Waals surface area contributed by atoms with Gasteiger partial charge in [-0.2, -0.15) is 0 Å². The molecule has 0 amide bonds. The number of rotatable bonds is 5. The van der Waals surface area contributed by atoms with E-state index in [0.717, 1.165) is 18.8 Å². The Kier molecular flexibility index (Phi) is 4.16. The zero-order valence-electron chi connectivity index (χ0n) is 8.79. The Labute approximate surface area is 84.4 Å². The molecule has 1 rings (SSSR count). The first-order chi connectivity index (χ1) is 6.74. The van der Waals surface area contributed by atoms with E-state index in [4.69, 9.17) is 10.1 Å². The van der Waals surface area contributed by atoms with E-state index in [9.17, 15) is 0 Å². The third kappa shape index (κ3) is 3.20. The number of hydrogen-bond acceptors (Lipinski definition) is 3. The molecule has 1 N–H and O–H groups in total. The van der Waals surface area contributed by atoms with E-state index in [1.165, 1.54) is 0 Å². The molecule has 0 aliphatic heterocycles. The largest absolute Gasteiger partial charge is 0.481 e. The van der Waals surface area contributed by atoms with Crippen LogP contribution in [0.1, 0.15) is 25.6 Å². The van der Waals surface area contributed by atoms with Crippen LogP contribution in [0.2, 0.25) is 0 Å². The van der Waals surface area contributed by atoms with Gasteiger partial charge in [-0.1, -0.05) is 0 Å². The summed E-state index contributed by atoms with van der Waals surface area (Å²) in [5, 5.41) is 7.42. The van der Waals surface area contributed by atoms with Crippen molar-refractivity contribution in [3.63, 3.8) is 0 Å². The van der Waals surface area contributed by atoms with E-state index in [-0.39, 0.29) is 0 Å². The zero-order chi connectivity index (χ0) is 10.4. The third-order valence-corrected chi connectivity index (χ3v) is 2.05. The van der Waals surface area contributed by atoms with Crippen molar-refractivity contribution in [3.05, 3.63) is 18.2 Å². The van der Waals surface area contributed by atoms with Crippen LogP contribution in [0.25, 0.3) is 0 Å². The molecule has 0 aromatic carbocycles. The molecule has 0 saturated carbocycles. The predicted molar refractivity (Wildman–Crippen MR) is 55.6 cm³/mol. The van der Waals surface area contributed by atoms with Gasteiger partial charge in [-0.05, 0) is 20.3 Å². The molecule has 0 saturated heterocycles. The molecule has 0 bridgehead atoms. The van der Waals surface area contributed by atoms with Crippen LogP contribution in [0.5, 0.6) is 0 Å². The van der Waals surface area contributed by atoms with Crippen LogP contribution < -0.4 is 0 Å². The molecule has 0 aliphatic carbocycles. The predicted octanol–water partition coefficient (Wildman–Crippen LogP) is 1.99. The molecule has 0 atom stereocenters. The standard InChI is InChI=1S/C10H17N3O/c1-3-14-10(11)5-4-7-13-8-6-12-9(13)2/h6,8,11H,3-5,7H2,1-2H3. The number of hydrogen-bond donors (Lipinski definition) is 1. The van der Waals surface area contributed by atoms with Gasteiger partial charge < -0.3 is 9.30 Å². The molecule has 1 aromatic rings. The van der Waals surface area contributed by atoms with Crippen LogP contribution in [0.3, 0.4) is 0 Å². The number of nitrogens with one attached hydrogen (secondary N) is 1. The molecule has 0 aliphatic rings. The lowest BCUT2D eigenvalue weighted by Crippen LogP contribution is -2.06. The molecule has 0 radical (unpaired) electrons. The maximum absolute atomic E-state index is 7.42. The van der Waals surface area contributed by atoms with Crippen molar-refractivity contribution >= 4 is 5.90 Å². The average molecular weight is 195 g/mol. The Balaban J connectivity index is 2.22. The maximum Gasteiger partial charge on any atom is 0.180 e. The van der Waals surface area contributed by atoms with Crippen molar-refractivity contribution in [2.45, 2.75) is 33.2 Å². The van der Waals surface area contributed by atoms with Crippen molar-refractivity contribution in [1.29, 1.82) is 5.41 Å². The molecule has 0 unspecified atom stereocenters. The summed E-state index contributed by atoms with van der Waals surface area (Å²) in [5.41, 5.74) is 0. The highest BCUT2D eigenvalue weighted by molar-refractivity contribution is 5.72. The Morgan fingerprint density at radius 3 is 3.00 bits per heavy atom. The minimum atomic E-state index is 0.380. The molecule has 14 heavy (non-hydrogen) atoms. The van der Waals surface area contributed by atoms with Crippen molar-refractivity contribution in [2.24, 2.45) is 0 Å². The summed E-state index contributed by atoms with van der Waals surface area (Å²) in [6, 6.07) is 0. The van der Waals surface area contributed by atoms with Crippen LogP contribution in [0, 0.1) is 12.3 Å². The van der Waals surface area contributed by atoms with Crippen molar-refractivity contribution in [1.82, 2.24) is 9.55 Å². The highest BCUT2D eigenvalue weighted by Gasteiger charge is 1.99. The summed E-state index contributed by atoms with van der Waals surface area (Å²) in [5.74, 6) is 1.40. The number of imidazole rings is 1. The second kappa shape index (κ2) is 5.42. The molecular weight excluding hydrogens is 178 g/mol. The fourth-order valence-corrected chi connectivity index (χ4v) is 1.30. The zero-order valence-corrected chi connectivity index (χ0v) is 8.79. The molecule has 1 aromatic heterocycles. The Bertz CT molecular complexity index is 293. The summed E-state index contributed by atoms with van der Waals surface area (Å²) in [6.07, 6.45) is 5.38. The number of nitrogens with zero attached hydrogens (tertiary/aromatic N) is 2. The van der Waals surface area contributed by atoms with Crippen LogP contribution >= 0.6 is 0 Å². The topological polar surface area (TPSA) is 50.9 Å². The molecule has 0 spiro atoms. The first-order valence-electron chi connectivity index (χ1n) is 4.92. The lowest BCUT2D eigenvalue weighted by molar-refractivity contribution is 0.312. The van der Waals surface area contributed by atoms with E-state index in [1.807, 2.05) is 20.0 Å². The van der Waals surface area contributed by atoms with Gasteiger partial charge in [-0.25, -0.2) is 4.98 Å². The van der Waals surface area contributed by atoms with Gasteiger partial charge in [0.05, 0.1) is 6.61 Å². The second-order valence-corrected chi connectivity index (χ2v) is 3.13. The van der Waals surface area contributed by atoms with Gasteiger partial charge in [0.1, 0.15) is 5.82 Å². The van der Waals surface area contributed by atoms with Gasteiger partial charge in [0.15, 0.2) is 5.90 Å². The quantitative estimate of drug-likeness (QED) is 0.577. The maximum atomic E-state index is 7.42. The van der Waals surface area contributed by atoms with Crippen LogP contribution in [-0.2, 0) is 11.3 Å². The van der Waals surface area contributed by atoms with Gasteiger partial charge >= 0.3 is 0 Å². The first kappa shape index (κ1) is 10.8. The van der Waals surface area contributed by atoms with E-state index >= 15 is 0 Å². The van der Waals surface area contributed by atoms with Crippen molar-refractivity contribution in [2.75, 3.05) is 6.61 Å². The Hall–Kier alpha value is -1.32. The lowest BCUT2D eigenvalue weighted by atomic mass is 10.3. The Morgan fingerprint density at radius 1 is 1.64 bits per heavy atom. The number of ether oxygens (including phenoxy) is 1. The fraction of sp³-hybridized carbons (Fsp3) is 0.600. The summed E-state index contributed by atoms with van der Waals surface area (Å²) in [6.45, 7) is 5.37. The third-order valence-electron chi connectivity index (χ3n) is 2.05. The summed E-state index contributed by atoms with van der Waals surface area (Å²) in [4.78, 5) is 4.13. The molecular formula is C10H17N3O. The minimum absolute atomic E-state index is 0.380. The van der Waals surface area contributed by atoms with Gasteiger partial charge in [-0.15, -0.1) is 0 Å². The monoisotopic (exact) mass is 195 g/mol. The van der Waals surface area contributed by atoms with Gasteiger partial charge in [-0.3, -0.25) is 5.41 Å². The molecule has 1 heterocycles. The number of aromatic nitrogens is 2. The Morgan fingerprint density at radius 2 is 2.43 bits per heavy atom. The normalized spacial score (nSPS) is 10.1. The summed E-state index contributed by atoms with van der Waals surface area (Å²) >= 11 is 0. The molecule has 4 heteroatoms. The van der Waals surface area contributed by atoms with Gasteiger partial charge in [0.2, 0.25) is 0 Å². The van der Waals surface area contributed by atoms with Gasteiger partial charge in [0.25, 0.3) is 0 Å². The van der Waals surface area contributed by atoms with Crippen LogP contribution in [-0.4, -0.2) is 22.1 Å². The summed E-state index contributed by atoms with van der Waals surface area (Å²) < 4.78 is 7.13. The highest BCUT2D eigenvalue weighted by Crippen LogP contribution is 2.00.